The number of para-hydroxylation sites is 3. The van der Waals surface area contributed by atoms with Gasteiger partial charge in [0.1, 0.15) is 18.4 Å². The van der Waals surface area contributed by atoms with Crippen LogP contribution in [-0.2, 0) is 27.3 Å². The Hall–Kier alpha value is -3.15. The Morgan fingerprint density at radius 2 is 1.88 bits per heavy atom. The predicted octanol–water partition coefficient (Wildman–Crippen LogP) is 2.48. The Labute approximate surface area is 151 Å². The minimum absolute atomic E-state index is 0.119. The van der Waals surface area contributed by atoms with E-state index in [0.717, 1.165) is 28.1 Å². The van der Waals surface area contributed by atoms with E-state index >= 15 is 0 Å². The molecule has 1 atom stereocenters. The van der Waals surface area contributed by atoms with Crippen LogP contribution in [0.4, 0.5) is 5.69 Å². The molecule has 1 aromatic heterocycles. The number of carbonyl (C=O) groups excluding carboxylic acids is 2. The number of methoxy groups -OCH3 is 1. The summed E-state index contributed by atoms with van der Waals surface area (Å²) in [5.74, 6) is 0.208. The number of hydrogen-bond acceptors (Lipinski definition) is 4. The molecule has 3 aromatic rings. The Kier molecular flexibility index (Phi) is 3.95. The molecule has 132 valence electrons. The van der Waals surface area contributed by atoms with E-state index in [2.05, 4.69) is 4.98 Å². The number of rotatable bonds is 3. The van der Waals surface area contributed by atoms with Gasteiger partial charge in [0.25, 0.3) is 0 Å². The van der Waals surface area contributed by atoms with Crippen molar-refractivity contribution in [3.05, 3.63) is 59.9 Å². The maximum atomic E-state index is 13.2. The molecule has 1 amide bonds. The maximum absolute atomic E-state index is 13.2. The van der Waals surface area contributed by atoms with Crippen LogP contribution in [-0.4, -0.2) is 34.6 Å². The van der Waals surface area contributed by atoms with Crippen LogP contribution < -0.4 is 4.90 Å². The van der Waals surface area contributed by atoms with Crippen molar-refractivity contribution in [2.24, 2.45) is 0 Å². The number of aromatic nitrogens is 2. The van der Waals surface area contributed by atoms with Gasteiger partial charge in [0, 0.05) is 12.1 Å². The Balaban J connectivity index is 1.71. The smallest absolute Gasteiger partial charge is 0.329 e. The number of hydrogen-bond donors (Lipinski definition) is 0. The lowest BCUT2D eigenvalue weighted by Gasteiger charge is -2.24. The van der Waals surface area contributed by atoms with Gasteiger partial charge in [-0.05, 0) is 30.7 Å². The van der Waals surface area contributed by atoms with E-state index in [1.807, 2.05) is 60.0 Å². The molecule has 2 heterocycles. The van der Waals surface area contributed by atoms with Crippen molar-refractivity contribution < 1.29 is 14.3 Å². The van der Waals surface area contributed by atoms with Gasteiger partial charge in [0.05, 0.1) is 18.1 Å². The van der Waals surface area contributed by atoms with Crippen molar-refractivity contribution in [1.29, 1.82) is 0 Å². The number of fused-ring (bicyclic) bond motifs is 2. The molecule has 0 aliphatic carbocycles. The normalized spacial score (nSPS) is 15.9. The van der Waals surface area contributed by atoms with E-state index in [-0.39, 0.29) is 12.5 Å². The number of amides is 1. The van der Waals surface area contributed by atoms with Gasteiger partial charge in [-0.1, -0.05) is 30.3 Å². The summed E-state index contributed by atoms with van der Waals surface area (Å²) >= 11 is 0. The lowest BCUT2D eigenvalue weighted by Crippen LogP contribution is -2.45. The number of carbonyl (C=O) groups is 2. The average molecular weight is 349 g/mol. The van der Waals surface area contributed by atoms with Crippen LogP contribution in [0.2, 0.25) is 0 Å². The van der Waals surface area contributed by atoms with Crippen molar-refractivity contribution >= 4 is 28.6 Å². The SMILES string of the molecule is COC(=O)C1Cc2ccccc2N1C(=O)Cn1c(C)nc2ccccc21. The highest BCUT2D eigenvalue weighted by Gasteiger charge is 2.39. The highest BCUT2D eigenvalue weighted by molar-refractivity contribution is 6.02. The second-order valence-electron chi connectivity index (χ2n) is 6.37. The van der Waals surface area contributed by atoms with Gasteiger partial charge < -0.3 is 9.30 Å². The summed E-state index contributed by atoms with van der Waals surface area (Å²) in [4.78, 5) is 31.5. The monoisotopic (exact) mass is 349 g/mol. The average Bonchev–Trinajstić information content (AvgIpc) is 3.19. The van der Waals surface area contributed by atoms with Crippen LogP contribution in [0.15, 0.2) is 48.5 Å². The molecule has 0 saturated heterocycles. The van der Waals surface area contributed by atoms with Gasteiger partial charge >= 0.3 is 5.97 Å². The van der Waals surface area contributed by atoms with Crippen LogP contribution in [0.3, 0.4) is 0 Å². The van der Waals surface area contributed by atoms with Gasteiger partial charge in [0.2, 0.25) is 5.91 Å². The van der Waals surface area contributed by atoms with E-state index in [1.54, 1.807) is 4.90 Å². The molecule has 0 fully saturated rings. The summed E-state index contributed by atoms with van der Waals surface area (Å²) in [6.45, 7) is 2.00. The van der Waals surface area contributed by atoms with E-state index in [4.69, 9.17) is 4.74 Å². The quantitative estimate of drug-likeness (QED) is 0.682. The molecule has 1 aliphatic heterocycles. The Bertz CT molecular complexity index is 1010. The minimum atomic E-state index is -0.625. The van der Waals surface area contributed by atoms with E-state index in [1.165, 1.54) is 7.11 Å². The molecule has 0 radical (unpaired) electrons. The fraction of sp³-hybridized carbons (Fsp3) is 0.250. The summed E-state index contributed by atoms with van der Waals surface area (Å²) in [6, 6.07) is 14.7. The van der Waals surface area contributed by atoms with Crippen molar-refractivity contribution in [3.8, 4) is 0 Å². The molecule has 0 saturated carbocycles. The van der Waals surface area contributed by atoms with Gasteiger partial charge in [-0.3, -0.25) is 9.69 Å². The van der Waals surface area contributed by atoms with Crippen molar-refractivity contribution in [2.75, 3.05) is 12.0 Å². The summed E-state index contributed by atoms with van der Waals surface area (Å²) < 4.78 is 6.80. The van der Waals surface area contributed by atoms with Gasteiger partial charge in [-0.25, -0.2) is 9.78 Å². The summed E-state index contributed by atoms with van der Waals surface area (Å²) in [5, 5.41) is 0. The van der Waals surface area contributed by atoms with Crippen molar-refractivity contribution in [3.63, 3.8) is 0 Å². The molecule has 0 bridgehead atoms. The molecule has 1 aliphatic rings. The number of nitrogens with zero attached hydrogens (tertiary/aromatic N) is 3. The highest BCUT2D eigenvalue weighted by Crippen LogP contribution is 2.33. The van der Waals surface area contributed by atoms with E-state index < -0.39 is 12.0 Å². The Morgan fingerprint density at radius 3 is 2.69 bits per heavy atom. The molecule has 4 rings (SSSR count). The minimum Gasteiger partial charge on any atom is -0.467 e. The zero-order valence-electron chi connectivity index (χ0n) is 14.7. The van der Waals surface area contributed by atoms with Gasteiger partial charge in [0.15, 0.2) is 0 Å². The summed E-state index contributed by atoms with van der Waals surface area (Å²) in [7, 11) is 1.35. The molecule has 6 heteroatoms. The molecular formula is C20H19N3O3. The number of benzene rings is 2. The zero-order valence-corrected chi connectivity index (χ0v) is 14.7. The van der Waals surface area contributed by atoms with Gasteiger partial charge in [-0.15, -0.1) is 0 Å². The lowest BCUT2D eigenvalue weighted by atomic mass is 10.1. The summed E-state index contributed by atoms with van der Waals surface area (Å²) in [5.41, 5.74) is 3.50. The second-order valence-corrected chi connectivity index (χ2v) is 6.37. The molecule has 26 heavy (non-hydrogen) atoms. The number of aryl methyl sites for hydroxylation is 1. The van der Waals surface area contributed by atoms with Crippen molar-refractivity contribution in [1.82, 2.24) is 9.55 Å². The first-order valence-corrected chi connectivity index (χ1v) is 8.50. The van der Waals surface area contributed by atoms with Crippen LogP contribution in [0.1, 0.15) is 11.4 Å². The van der Waals surface area contributed by atoms with Gasteiger partial charge in [-0.2, -0.15) is 0 Å². The van der Waals surface area contributed by atoms with Crippen LogP contribution in [0.25, 0.3) is 11.0 Å². The number of imidazole rings is 1. The van der Waals surface area contributed by atoms with E-state index in [9.17, 15) is 9.59 Å². The molecule has 1 unspecified atom stereocenters. The van der Waals surface area contributed by atoms with Crippen LogP contribution in [0.5, 0.6) is 0 Å². The predicted molar refractivity (Wildman–Crippen MR) is 97.9 cm³/mol. The third kappa shape index (κ3) is 2.54. The lowest BCUT2D eigenvalue weighted by molar-refractivity contribution is -0.143. The van der Waals surface area contributed by atoms with Crippen LogP contribution in [0, 0.1) is 6.92 Å². The van der Waals surface area contributed by atoms with Crippen molar-refractivity contribution in [2.45, 2.75) is 25.9 Å². The first kappa shape index (κ1) is 16.3. The fourth-order valence-corrected chi connectivity index (χ4v) is 3.63. The van der Waals surface area contributed by atoms with Crippen LogP contribution >= 0.6 is 0 Å². The number of esters is 1. The molecule has 6 nitrogen and oxygen atoms in total. The summed E-state index contributed by atoms with van der Waals surface area (Å²) in [6.07, 6.45) is 0.470. The molecule has 0 N–H and O–H groups in total. The first-order valence-electron chi connectivity index (χ1n) is 8.50. The third-order valence-electron chi connectivity index (χ3n) is 4.86. The molecule has 0 spiro atoms. The first-order chi connectivity index (χ1) is 12.6. The maximum Gasteiger partial charge on any atom is 0.329 e. The topological polar surface area (TPSA) is 64.4 Å². The standard InChI is InChI=1S/C20H19N3O3/c1-13-21-15-8-4-6-10-17(15)22(13)12-19(24)23-16-9-5-3-7-14(16)11-18(23)20(25)26-2/h3-10,18H,11-12H2,1-2H3. The molecular weight excluding hydrogens is 330 g/mol. The van der Waals surface area contributed by atoms with E-state index in [0.29, 0.717) is 6.42 Å². The largest absolute Gasteiger partial charge is 0.467 e. The number of anilines is 1. The third-order valence-corrected chi connectivity index (χ3v) is 4.86. The number of ether oxygens (including phenoxy) is 1. The fourth-order valence-electron chi connectivity index (χ4n) is 3.63. The Morgan fingerprint density at radius 1 is 1.15 bits per heavy atom. The highest BCUT2D eigenvalue weighted by atomic mass is 16.5. The second kappa shape index (κ2) is 6.29. The zero-order chi connectivity index (χ0) is 18.3. The molecule has 2 aromatic carbocycles.